The second-order valence-corrected chi connectivity index (χ2v) is 5.49. The minimum absolute atomic E-state index is 0.0169. The molecule has 12 heavy (non-hydrogen) atoms. The fraction of sp³-hybridized carbons (Fsp3) is 1.00. The molecule has 0 aliphatic carbocycles. The Hall–Kier alpha value is -0.0900. The molecule has 0 aromatic heterocycles. The topological polar surface area (TPSA) is 46.2 Å². The van der Waals surface area contributed by atoms with Crippen molar-refractivity contribution in [2.45, 2.75) is 34.6 Å². The van der Waals surface area contributed by atoms with Gasteiger partial charge in [-0.1, -0.05) is 34.6 Å². The minimum atomic E-state index is -3.01. The molecule has 0 unspecified atom stereocenters. The molecule has 0 aliphatic rings. The molecule has 0 spiro atoms. The number of hydrogen-bond donors (Lipinski definition) is 1. The van der Waals surface area contributed by atoms with Crippen LogP contribution in [0.4, 0.5) is 0 Å². The number of hydrogen-bond acceptors (Lipinski definition) is 2. The summed E-state index contributed by atoms with van der Waals surface area (Å²) in [5.41, 5.74) is 0.0169. The van der Waals surface area contributed by atoms with Gasteiger partial charge in [-0.2, -0.15) is 0 Å². The maximum atomic E-state index is 10.6. The standard InChI is InChI=1S/C6H15NO2S.C2H6/c1-6(2,3)5-7-10(4,8)9;1-2/h7H,5H2,1-4H3;1-2H3. The highest BCUT2D eigenvalue weighted by Crippen LogP contribution is 2.10. The van der Waals surface area contributed by atoms with E-state index in [1.54, 1.807) is 0 Å². The van der Waals surface area contributed by atoms with Gasteiger partial charge in [-0.05, 0) is 5.41 Å². The van der Waals surface area contributed by atoms with Crippen molar-refractivity contribution in [1.82, 2.24) is 4.72 Å². The lowest BCUT2D eigenvalue weighted by Gasteiger charge is -2.17. The summed E-state index contributed by atoms with van der Waals surface area (Å²) in [5.74, 6) is 0. The van der Waals surface area contributed by atoms with E-state index in [0.29, 0.717) is 6.54 Å². The number of nitrogens with one attached hydrogen (secondary N) is 1. The van der Waals surface area contributed by atoms with E-state index in [1.165, 1.54) is 6.26 Å². The van der Waals surface area contributed by atoms with Crippen LogP contribution in [0.5, 0.6) is 0 Å². The maximum Gasteiger partial charge on any atom is 0.208 e. The molecule has 0 saturated carbocycles. The lowest BCUT2D eigenvalue weighted by atomic mass is 9.98. The third-order valence-corrected chi connectivity index (χ3v) is 1.53. The van der Waals surface area contributed by atoms with Gasteiger partial charge in [0.05, 0.1) is 6.26 Å². The summed E-state index contributed by atoms with van der Waals surface area (Å²) in [6.45, 7) is 10.4. The predicted molar refractivity (Wildman–Crippen MR) is 53.6 cm³/mol. The van der Waals surface area contributed by atoms with Crippen molar-refractivity contribution < 1.29 is 8.42 Å². The number of rotatable bonds is 2. The molecule has 76 valence electrons. The van der Waals surface area contributed by atoms with E-state index in [2.05, 4.69) is 4.72 Å². The average molecular weight is 195 g/mol. The van der Waals surface area contributed by atoms with Gasteiger partial charge < -0.3 is 0 Å². The van der Waals surface area contributed by atoms with E-state index in [9.17, 15) is 8.42 Å². The molecule has 0 radical (unpaired) electrons. The van der Waals surface area contributed by atoms with E-state index in [0.717, 1.165) is 0 Å². The molecule has 0 bridgehead atoms. The van der Waals surface area contributed by atoms with Crippen LogP contribution in [0.1, 0.15) is 34.6 Å². The lowest BCUT2D eigenvalue weighted by Crippen LogP contribution is -2.31. The molecule has 3 nitrogen and oxygen atoms in total. The second kappa shape index (κ2) is 5.54. The summed E-state index contributed by atoms with van der Waals surface area (Å²) in [6.07, 6.45) is 1.17. The van der Waals surface area contributed by atoms with E-state index in [1.807, 2.05) is 34.6 Å². The third-order valence-electron chi connectivity index (χ3n) is 0.865. The van der Waals surface area contributed by atoms with Crippen LogP contribution in [0.25, 0.3) is 0 Å². The molecule has 0 aromatic rings. The average Bonchev–Trinajstić information content (AvgIpc) is 1.86. The SMILES string of the molecule is CC.CC(C)(C)CNS(C)(=O)=O. The fourth-order valence-corrected chi connectivity index (χ4v) is 1.04. The first-order chi connectivity index (χ1) is 5.21. The third kappa shape index (κ3) is 16.5. The fourth-order valence-electron chi connectivity index (χ4n) is 0.348. The normalized spacial score (nSPS) is 11.8. The Morgan fingerprint density at radius 1 is 1.17 bits per heavy atom. The van der Waals surface area contributed by atoms with Crippen LogP contribution in [0.15, 0.2) is 0 Å². The van der Waals surface area contributed by atoms with Crippen LogP contribution < -0.4 is 4.72 Å². The largest absolute Gasteiger partial charge is 0.215 e. The monoisotopic (exact) mass is 195 g/mol. The maximum absolute atomic E-state index is 10.6. The van der Waals surface area contributed by atoms with Gasteiger partial charge in [-0.15, -0.1) is 0 Å². The molecule has 0 aliphatic heterocycles. The molecule has 0 amide bonds. The van der Waals surface area contributed by atoms with Gasteiger partial charge in [-0.25, -0.2) is 13.1 Å². The van der Waals surface area contributed by atoms with Gasteiger partial charge in [0.1, 0.15) is 0 Å². The Bertz CT molecular complexity index is 190. The van der Waals surface area contributed by atoms with E-state index in [-0.39, 0.29) is 5.41 Å². The first kappa shape index (κ1) is 14.4. The quantitative estimate of drug-likeness (QED) is 0.727. The molecule has 0 fully saturated rings. The van der Waals surface area contributed by atoms with Crippen molar-refractivity contribution in [2.75, 3.05) is 12.8 Å². The summed E-state index contributed by atoms with van der Waals surface area (Å²) in [5, 5.41) is 0. The van der Waals surface area contributed by atoms with Crippen LogP contribution in [-0.2, 0) is 10.0 Å². The van der Waals surface area contributed by atoms with Crippen molar-refractivity contribution in [3.8, 4) is 0 Å². The Morgan fingerprint density at radius 2 is 1.50 bits per heavy atom. The van der Waals surface area contributed by atoms with Crippen LogP contribution in [0, 0.1) is 5.41 Å². The van der Waals surface area contributed by atoms with Crippen LogP contribution >= 0.6 is 0 Å². The van der Waals surface area contributed by atoms with Gasteiger partial charge in [0.2, 0.25) is 10.0 Å². The Kier molecular flexibility index (Phi) is 6.66. The molecule has 0 aromatic carbocycles. The zero-order valence-corrected chi connectivity index (χ0v) is 9.75. The van der Waals surface area contributed by atoms with E-state index >= 15 is 0 Å². The van der Waals surface area contributed by atoms with Crippen LogP contribution in [0.3, 0.4) is 0 Å². The molecule has 1 N–H and O–H groups in total. The van der Waals surface area contributed by atoms with Crippen molar-refractivity contribution in [3.63, 3.8) is 0 Å². The highest BCUT2D eigenvalue weighted by molar-refractivity contribution is 7.88. The summed E-state index contributed by atoms with van der Waals surface area (Å²) < 4.78 is 23.6. The van der Waals surface area contributed by atoms with Gasteiger partial charge >= 0.3 is 0 Å². The molecule has 0 atom stereocenters. The van der Waals surface area contributed by atoms with Gasteiger partial charge in [-0.3, -0.25) is 0 Å². The van der Waals surface area contributed by atoms with E-state index in [4.69, 9.17) is 0 Å². The zero-order valence-electron chi connectivity index (χ0n) is 8.93. The van der Waals surface area contributed by atoms with Crippen molar-refractivity contribution in [3.05, 3.63) is 0 Å². The molecule has 0 heterocycles. The van der Waals surface area contributed by atoms with Crippen LogP contribution in [-0.4, -0.2) is 21.2 Å². The molecule has 0 rings (SSSR count). The smallest absolute Gasteiger partial charge is 0.208 e. The van der Waals surface area contributed by atoms with Gasteiger partial charge in [0.25, 0.3) is 0 Å². The second-order valence-electron chi connectivity index (χ2n) is 3.65. The molecule has 4 heteroatoms. The highest BCUT2D eigenvalue weighted by atomic mass is 32.2. The number of sulfonamides is 1. The summed E-state index contributed by atoms with van der Waals surface area (Å²) in [7, 11) is -3.01. The van der Waals surface area contributed by atoms with Crippen LogP contribution in [0.2, 0.25) is 0 Å². The van der Waals surface area contributed by atoms with E-state index < -0.39 is 10.0 Å². The minimum Gasteiger partial charge on any atom is -0.215 e. The molecular formula is C8H21NO2S. The predicted octanol–water partition coefficient (Wildman–Crippen LogP) is 1.61. The first-order valence-corrected chi connectivity index (χ1v) is 6.04. The Labute approximate surface area is 76.6 Å². The molecular weight excluding hydrogens is 174 g/mol. The van der Waals surface area contributed by atoms with Gasteiger partial charge in [0, 0.05) is 6.54 Å². The highest BCUT2D eigenvalue weighted by Gasteiger charge is 2.11. The van der Waals surface area contributed by atoms with Crippen molar-refractivity contribution in [1.29, 1.82) is 0 Å². The van der Waals surface area contributed by atoms with Crippen molar-refractivity contribution >= 4 is 10.0 Å². The summed E-state index contributed by atoms with van der Waals surface area (Å²) in [4.78, 5) is 0. The summed E-state index contributed by atoms with van der Waals surface area (Å²) in [6, 6.07) is 0. The summed E-state index contributed by atoms with van der Waals surface area (Å²) >= 11 is 0. The Morgan fingerprint density at radius 3 is 1.58 bits per heavy atom. The first-order valence-electron chi connectivity index (χ1n) is 4.15. The lowest BCUT2D eigenvalue weighted by molar-refractivity contribution is 0.408. The molecule has 0 saturated heterocycles. The van der Waals surface area contributed by atoms with Gasteiger partial charge in [0.15, 0.2) is 0 Å². The van der Waals surface area contributed by atoms with Crippen molar-refractivity contribution in [2.24, 2.45) is 5.41 Å². The zero-order chi connectivity index (χ0) is 10.4. The Balaban J connectivity index is 0.